The SMILES string of the molecule is O=C(Nc1ccc(-c2cccc3c2CNC3=O)cc1)Nc1cccc(C(F)(F)F)c1. The highest BCUT2D eigenvalue weighted by Gasteiger charge is 2.30. The Hall–Kier alpha value is -3.81. The van der Waals surface area contributed by atoms with Gasteiger partial charge in [0.1, 0.15) is 0 Å². The summed E-state index contributed by atoms with van der Waals surface area (Å²) in [6.45, 7) is 0.462. The summed E-state index contributed by atoms with van der Waals surface area (Å²) in [7, 11) is 0. The fourth-order valence-electron chi connectivity index (χ4n) is 3.32. The third kappa shape index (κ3) is 3.98. The van der Waals surface area contributed by atoms with Gasteiger partial charge in [0.25, 0.3) is 5.91 Å². The standard InChI is InChI=1S/C22H16F3N3O2/c23-22(24,25)14-3-1-4-16(11-14)28-21(30)27-15-9-7-13(8-10-15)17-5-2-6-18-19(17)12-26-20(18)29/h1-11H,12H2,(H,26,29)(H2,27,28,30). The molecule has 1 aliphatic heterocycles. The zero-order valence-corrected chi connectivity index (χ0v) is 15.5. The molecule has 0 saturated heterocycles. The van der Waals surface area contributed by atoms with Crippen molar-refractivity contribution >= 4 is 23.3 Å². The molecule has 1 aliphatic rings. The largest absolute Gasteiger partial charge is 0.416 e. The molecule has 0 unspecified atom stereocenters. The summed E-state index contributed by atoms with van der Waals surface area (Å²) in [6, 6.07) is 16.2. The van der Waals surface area contributed by atoms with Crippen LogP contribution in [-0.2, 0) is 12.7 Å². The highest BCUT2D eigenvalue weighted by atomic mass is 19.4. The van der Waals surface area contributed by atoms with Gasteiger partial charge in [-0.25, -0.2) is 4.79 Å². The molecule has 4 rings (SSSR count). The van der Waals surface area contributed by atoms with Crippen LogP contribution in [0.25, 0.3) is 11.1 Å². The van der Waals surface area contributed by atoms with Crippen LogP contribution in [0.2, 0.25) is 0 Å². The number of halogens is 3. The van der Waals surface area contributed by atoms with Crippen LogP contribution in [0.5, 0.6) is 0 Å². The van der Waals surface area contributed by atoms with Gasteiger partial charge >= 0.3 is 12.2 Å². The Kier molecular flexibility index (Phi) is 4.91. The number of nitrogens with one attached hydrogen (secondary N) is 3. The molecule has 1 heterocycles. The van der Waals surface area contributed by atoms with E-state index in [0.29, 0.717) is 17.8 Å². The number of rotatable bonds is 3. The Morgan fingerprint density at radius 3 is 2.27 bits per heavy atom. The lowest BCUT2D eigenvalue weighted by molar-refractivity contribution is -0.137. The minimum atomic E-state index is -4.48. The van der Waals surface area contributed by atoms with Crippen molar-refractivity contribution in [3.8, 4) is 11.1 Å². The molecule has 152 valence electrons. The normalized spacial score (nSPS) is 12.8. The minimum absolute atomic E-state index is 0.0379. The molecule has 3 N–H and O–H groups in total. The summed E-state index contributed by atoms with van der Waals surface area (Å²) in [6.07, 6.45) is -4.48. The smallest absolute Gasteiger partial charge is 0.348 e. The lowest BCUT2D eigenvalue weighted by atomic mass is 9.97. The molecule has 5 nitrogen and oxygen atoms in total. The molecule has 0 aromatic heterocycles. The van der Waals surface area contributed by atoms with Gasteiger partial charge in [-0.3, -0.25) is 4.79 Å². The van der Waals surface area contributed by atoms with E-state index in [2.05, 4.69) is 16.0 Å². The first-order chi connectivity index (χ1) is 14.3. The lowest BCUT2D eigenvalue weighted by Crippen LogP contribution is -2.19. The first-order valence-corrected chi connectivity index (χ1v) is 9.07. The van der Waals surface area contributed by atoms with Crippen LogP contribution in [0, 0.1) is 0 Å². The van der Waals surface area contributed by atoms with Gasteiger partial charge in [0, 0.05) is 23.5 Å². The van der Waals surface area contributed by atoms with Crippen LogP contribution < -0.4 is 16.0 Å². The Bertz CT molecular complexity index is 1130. The van der Waals surface area contributed by atoms with E-state index >= 15 is 0 Å². The molecule has 0 spiro atoms. The van der Waals surface area contributed by atoms with Gasteiger partial charge in [-0.1, -0.05) is 30.3 Å². The van der Waals surface area contributed by atoms with Gasteiger partial charge in [-0.05, 0) is 53.1 Å². The van der Waals surface area contributed by atoms with Gasteiger partial charge < -0.3 is 16.0 Å². The average molecular weight is 411 g/mol. The summed E-state index contributed by atoms with van der Waals surface area (Å²) in [5.74, 6) is -0.101. The molecular formula is C22H16F3N3O2. The number of hydrogen-bond acceptors (Lipinski definition) is 2. The summed E-state index contributed by atoms with van der Waals surface area (Å²) < 4.78 is 38.4. The summed E-state index contributed by atoms with van der Waals surface area (Å²) in [4.78, 5) is 24.0. The molecule has 0 fully saturated rings. The third-order valence-electron chi connectivity index (χ3n) is 4.75. The molecule has 0 atom stereocenters. The van der Waals surface area contributed by atoms with Crippen molar-refractivity contribution in [3.63, 3.8) is 0 Å². The first-order valence-electron chi connectivity index (χ1n) is 9.07. The van der Waals surface area contributed by atoms with E-state index in [4.69, 9.17) is 0 Å². The Balaban J connectivity index is 1.46. The van der Waals surface area contributed by atoms with E-state index in [1.54, 1.807) is 30.3 Å². The number of hydrogen-bond donors (Lipinski definition) is 3. The van der Waals surface area contributed by atoms with E-state index in [9.17, 15) is 22.8 Å². The highest BCUT2D eigenvalue weighted by molar-refractivity contribution is 6.01. The fourth-order valence-corrected chi connectivity index (χ4v) is 3.32. The molecule has 3 aromatic rings. The van der Waals surface area contributed by atoms with Crippen LogP contribution in [0.1, 0.15) is 21.5 Å². The van der Waals surface area contributed by atoms with Crippen LogP contribution in [-0.4, -0.2) is 11.9 Å². The first kappa shape index (κ1) is 19.5. The number of carbonyl (C=O) groups excluding carboxylic acids is 2. The Morgan fingerprint density at radius 2 is 1.53 bits per heavy atom. The number of fused-ring (bicyclic) bond motifs is 1. The van der Waals surface area contributed by atoms with Gasteiger partial charge in [-0.15, -0.1) is 0 Å². The second-order valence-electron chi connectivity index (χ2n) is 6.75. The zero-order chi connectivity index (χ0) is 21.3. The fraction of sp³-hybridized carbons (Fsp3) is 0.0909. The average Bonchev–Trinajstić information content (AvgIpc) is 3.09. The molecule has 0 radical (unpaired) electrons. The van der Waals surface area contributed by atoms with Gasteiger partial charge in [-0.2, -0.15) is 13.2 Å². The molecule has 3 aromatic carbocycles. The van der Waals surface area contributed by atoms with Crippen molar-refractivity contribution in [1.82, 2.24) is 5.32 Å². The summed E-state index contributed by atoms with van der Waals surface area (Å²) in [5.41, 5.74) is 3.05. The molecular weight excluding hydrogens is 395 g/mol. The number of urea groups is 1. The molecule has 0 aliphatic carbocycles. The minimum Gasteiger partial charge on any atom is -0.348 e. The van der Waals surface area contributed by atoms with Gasteiger partial charge in [0.05, 0.1) is 5.56 Å². The van der Waals surface area contributed by atoms with E-state index < -0.39 is 17.8 Å². The second kappa shape index (κ2) is 7.55. The maximum Gasteiger partial charge on any atom is 0.416 e. The van der Waals surface area contributed by atoms with E-state index in [-0.39, 0.29) is 11.6 Å². The van der Waals surface area contributed by atoms with Crippen LogP contribution in [0.3, 0.4) is 0 Å². The van der Waals surface area contributed by atoms with Crippen molar-refractivity contribution in [1.29, 1.82) is 0 Å². The number of anilines is 2. The molecule has 3 amide bonds. The predicted octanol–water partition coefficient (Wildman–Crippen LogP) is 5.26. The van der Waals surface area contributed by atoms with E-state index in [0.717, 1.165) is 28.8 Å². The Labute approximate surface area is 169 Å². The Morgan fingerprint density at radius 1 is 0.867 bits per heavy atom. The molecule has 8 heteroatoms. The van der Waals surface area contributed by atoms with Crippen molar-refractivity contribution in [2.24, 2.45) is 0 Å². The number of alkyl halides is 3. The van der Waals surface area contributed by atoms with E-state index in [1.807, 2.05) is 12.1 Å². The van der Waals surface area contributed by atoms with Crippen LogP contribution in [0.15, 0.2) is 66.7 Å². The van der Waals surface area contributed by atoms with Crippen LogP contribution >= 0.6 is 0 Å². The van der Waals surface area contributed by atoms with Gasteiger partial charge in [0.2, 0.25) is 0 Å². The summed E-state index contributed by atoms with van der Waals surface area (Å²) in [5, 5.41) is 7.78. The predicted molar refractivity (Wildman–Crippen MR) is 107 cm³/mol. The summed E-state index contributed by atoms with van der Waals surface area (Å²) >= 11 is 0. The maximum atomic E-state index is 12.8. The zero-order valence-electron chi connectivity index (χ0n) is 15.5. The van der Waals surface area contributed by atoms with Crippen LogP contribution in [0.4, 0.5) is 29.3 Å². The van der Waals surface area contributed by atoms with Crippen molar-refractivity contribution < 1.29 is 22.8 Å². The third-order valence-corrected chi connectivity index (χ3v) is 4.75. The van der Waals surface area contributed by atoms with Gasteiger partial charge in [0.15, 0.2) is 0 Å². The monoisotopic (exact) mass is 411 g/mol. The van der Waals surface area contributed by atoms with Crippen molar-refractivity contribution in [2.45, 2.75) is 12.7 Å². The quantitative estimate of drug-likeness (QED) is 0.550. The van der Waals surface area contributed by atoms with E-state index in [1.165, 1.54) is 12.1 Å². The molecule has 30 heavy (non-hydrogen) atoms. The number of benzene rings is 3. The van der Waals surface area contributed by atoms with Crippen molar-refractivity contribution in [3.05, 3.63) is 83.4 Å². The topological polar surface area (TPSA) is 70.2 Å². The second-order valence-corrected chi connectivity index (χ2v) is 6.75. The number of amides is 3. The lowest BCUT2D eigenvalue weighted by Gasteiger charge is -2.11. The van der Waals surface area contributed by atoms with Crippen molar-refractivity contribution in [2.75, 3.05) is 10.6 Å². The maximum absolute atomic E-state index is 12.8. The molecule has 0 bridgehead atoms. The highest BCUT2D eigenvalue weighted by Crippen LogP contribution is 2.31. The number of carbonyl (C=O) groups is 2. The molecule has 0 saturated carbocycles.